The Balaban J connectivity index is 1.23. The molecule has 1 aromatic carbocycles. The van der Waals surface area contributed by atoms with Gasteiger partial charge in [0.25, 0.3) is 11.5 Å². The largest absolute Gasteiger partial charge is 0.482 e. The number of hydrogen-bond donors (Lipinski definition) is 0. The van der Waals surface area contributed by atoms with Gasteiger partial charge in [-0.2, -0.15) is 5.10 Å². The van der Waals surface area contributed by atoms with Crippen LogP contribution in [0.4, 0.5) is 0 Å². The minimum absolute atomic E-state index is 0.0948. The highest BCUT2D eigenvalue weighted by Gasteiger charge is 2.41. The lowest BCUT2D eigenvalue weighted by Crippen LogP contribution is -2.59. The zero-order valence-electron chi connectivity index (χ0n) is 17.0. The van der Waals surface area contributed by atoms with Gasteiger partial charge in [0.05, 0.1) is 12.2 Å². The van der Waals surface area contributed by atoms with Crippen molar-refractivity contribution >= 4 is 5.91 Å². The van der Waals surface area contributed by atoms with Crippen molar-refractivity contribution in [1.82, 2.24) is 19.7 Å². The first-order chi connectivity index (χ1) is 15.1. The number of hydrogen-bond acceptors (Lipinski definition) is 6. The van der Waals surface area contributed by atoms with E-state index in [0.717, 1.165) is 5.56 Å². The maximum Gasteiger partial charge on any atom is 0.267 e. The molecular weight excluding hydrogens is 396 g/mol. The molecule has 0 N–H and O–H groups in total. The van der Waals surface area contributed by atoms with Crippen molar-refractivity contribution < 1.29 is 14.3 Å². The number of para-hydroxylation sites is 2. The summed E-state index contributed by atoms with van der Waals surface area (Å²) in [4.78, 5) is 31.1. The molecule has 1 amide bonds. The Bertz CT molecular complexity index is 1160. The molecule has 0 aliphatic carbocycles. The highest BCUT2D eigenvalue weighted by Crippen LogP contribution is 2.34. The molecule has 158 valence electrons. The van der Waals surface area contributed by atoms with Crippen molar-refractivity contribution in [2.45, 2.75) is 25.7 Å². The van der Waals surface area contributed by atoms with Crippen LogP contribution in [-0.2, 0) is 11.3 Å². The van der Waals surface area contributed by atoms with Gasteiger partial charge in [-0.1, -0.05) is 12.1 Å². The number of amides is 1. The second kappa shape index (κ2) is 7.86. The normalized spacial score (nSPS) is 20.2. The maximum absolute atomic E-state index is 12.9. The Morgan fingerprint density at radius 2 is 1.84 bits per heavy atom. The van der Waals surface area contributed by atoms with Crippen LogP contribution in [0.5, 0.6) is 11.5 Å². The fourth-order valence-electron chi connectivity index (χ4n) is 3.93. The lowest BCUT2D eigenvalue weighted by Gasteiger charge is -2.42. The molecule has 2 aliphatic rings. The molecule has 2 aliphatic heterocycles. The minimum Gasteiger partial charge on any atom is -0.482 e. The van der Waals surface area contributed by atoms with Crippen LogP contribution in [0.3, 0.4) is 0 Å². The predicted molar refractivity (Wildman–Crippen MR) is 113 cm³/mol. The van der Waals surface area contributed by atoms with Crippen LogP contribution in [0.15, 0.2) is 65.7 Å². The topological polar surface area (TPSA) is 86.6 Å². The van der Waals surface area contributed by atoms with E-state index in [-0.39, 0.29) is 23.5 Å². The van der Waals surface area contributed by atoms with E-state index in [9.17, 15) is 9.59 Å². The van der Waals surface area contributed by atoms with Gasteiger partial charge in [-0.25, -0.2) is 4.68 Å². The van der Waals surface area contributed by atoms with E-state index >= 15 is 0 Å². The van der Waals surface area contributed by atoms with E-state index in [2.05, 4.69) is 10.1 Å². The number of pyridine rings is 1. The SMILES string of the molecule is CC1Oc2ccccc2OC1C(=O)N1CC(Cn2nc(-c3cccnc3)ccc2=O)C1. The number of fused-ring (bicyclic) bond motifs is 1. The summed E-state index contributed by atoms with van der Waals surface area (Å²) >= 11 is 0. The molecule has 8 nitrogen and oxygen atoms in total. The molecule has 4 heterocycles. The molecule has 1 fully saturated rings. The molecular formula is C23H22N4O4. The number of nitrogens with zero attached hydrogens (tertiary/aromatic N) is 4. The van der Waals surface area contributed by atoms with E-state index in [1.54, 1.807) is 29.4 Å². The average molecular weight is 418 g/mol. The van der Waals surface area contributed by atoms with E-state index < -0.39 is 6.10 Å². The second-order valence-electron chi connectivity index (χ2n) is 7.90. The first-order valence-electron chi connectivity index (χ1n) is 10.3. The summed E-state index contributed by atoms with van der Waals surface area (Å²) in [6.45, 7) is 3.40. The lowest BCUT2D eigenvalue weighted by molar-refractivity contribution is -0.151. The predicted octanol–water partition coefficient (Wildman–Crippen LogP) is 1.99. The molecule has 2 unspecified atom stereocenters. The van der Waals surface area contributed by atoms with Crippen LogP contribution in [0.1, 0.15) is 6.92 Å². The third-order valence-electron chi connectivity index (χ3n) is 5.61. The quantitative estimate of drug-likeness (QED) is 0.644. The smallest absolute Gasteiger partial charge is 0.267 e. The standard InChI is InChI=1S/C23H22N4O4/c1-15-22(31-20-7-3-2-6-19(20)30-15)23(29)26-12-16(13-26)14-27-21(28)9-8-18(25-27)17-5-4-10-24-11-17/h2-11,15-16,22H,12-14H2,1H3. The van der Waals surface area contributed by atoms with Crippen LogP contribution in [0, 0.1) is 5.92 Å². The Morgan fingerprint density at radius 1 is 1.06 bits per heavy atom. The highest BCUT2D eigenvalue weighted by atomic mass is 16.6. The van der Waals surface area contributed by atoms with Crippen LogP contribution < -0.4 is 15.0 Å². The molecule has 31 heavy (non-hydrogen) atoms. The number of likely N-dealkylation sites (tertiary alicyclic amines) is 1. The molecule has 8 heteroatoms. The molecule has 0 radical (unpaired) electrons. The summed E-state index contributed by atoms with van der Waals surface area (Å²) in [5.41, 5.74) is 1.39. The molecule has 2 aromatic heterocycles. The monoisotopic (exact) mass is 418 g/mol. The maximum atomic E-state index is 12.9. The van der Waals surface area contributed by atoms with Gasteiger partial charge in [0.15, 0.2) is 11.5 Å². The average Bonchev–Trinajstić information content (AvgIpc) is 2.76. The summed E-state index contributed by atoms with van der Waals surface area (Å²) in [5, 5.41) is 4.48. The summed E-state index contributed by atoms with van der Waals surface area (Å²) in [7, 11) is 0. The third kappa shape index (κ3) is 3.76. The van der Waals surface area contributed by atoms with E-state index in [0.29, 0.717) is 36.8 Å². The molecule has 0 bridgehead atoms. The number of aromatic nitrogens is 3. The van der Waals surface area contributed by atoms with Crippen molar-refractivity contribution in [2.75, 3.05) is 13.1 Å². The Labute approximate surface area is 179 Å². The molecule has 0 spiro atoms. The van der Waals surface area contributed by atoms with Gasteiger partial charge < -0.3 is 14.4 Å². The third-order valence-corrected chi connectivity index (χ3v) is 5.61. The summed E-state index contributed by atoms with van der Waals surface area (Å²) < 4.78 is 13.2. The van der Waals surface area contributed by atoms with E-state index in [1.807, 2.05) is 37.3 Å². The van der Waals surface area contributed by atoms with Gasteiger partial charge in [-0.3, -0.25) is 14.6 Å². The number of carbonyl (C=O) groups excluding carboxylic acids is 1. The van der Waals surface area contributed by atoms with Crippen molar-refractivity contribution in [3.05, 3.63) is 71.3 Å². The number of rotatable bonds is 4. The van der Waals surface area contributed by atoms with E-state index in [1.165, 1.54) is 10.7 Å². The van der Waals surface area contributed by atoms with Gasteiger partial charge >= 0.3 is 0 Å². The second-order valence-corrected chi connectivity index (χ2v) is 7.90. The van der Waals surface area contributed by atoms with Crippen LogP contribution in [0.25, 0.3) is 11.3 Å². The minimum atomic E-state index is -0.675. The van der Waals surface area contributed by atoms with Crippen molar-refractivity contribution in [2.24, 2.45) is 5.92 Å². The first kappa shape index (κ1) is 19.3. The van der Waals surface area contributed by atoms with Crippen molar-refractivity contribution in [3.63, 3.8) is 0 Å². The summed E-state index contributed by atoms with van der Waals surface area (Å²) in [6, 6.07) is 14.3. The molecule has 1 saturated heterocycles. The number of ether oxygens (including phenoxy) is 2. The summed E-state index contributed by atoms with van der Waals surface area (Å²) in [5.74, 6) is 1.30. The fraction of sp³-hybridized carbons (Fsp3) is 0.304. The van der Waals surface area contributed by atoms with Gasteiger partial charge in [-0.15, -0.1) is 0 Å². The Kier molecular flexibility index (Phi) is 4.89. The van der Waals surface area contributed by atoms with Gasteiger partial charge in [0.2, 0.25) is 6.10 Å². The van der Waals surface area contributed by atoms with E-state index in [4.69, 9.17) is 9.47 Å². The number of carbonyl (C=O) groups is 1. The summed E-state index contributed by atoms with van der Waals surface area (Å²) in [6.07, 6.45) is 2.36. The highest BCUT2D eigenvalue weighted by molar-refractivity contribution is 5.83. The molecule has 0 saturated carbocycles. The van der Waals surface area contributed by atoms with Gasteiger partial charge in [0, 0.05) is 43.0 Å². The fourth-order valence-corrected chi connectivity index (χ4v) is 3.93. The Morgan fingerprint density at radius 3 is 2.58 bits per heavy atom. The lowest BCUT2D eigenvalue weighted by atomic mass is 9.98. The molecule has 2 atom stereocenters. The van der Waals surface area contributed by atoms with Crippen molar-refractivity contribution in [3.8, 4) is 22.8 Å². The number of benzene rings is 1. The van der Waals surface area contributed by atoms with Crippen LogP contribution in [-0.4, -0.2) is 50.9 Å². The van der Waals surface area contributed by atoms with Crippen LogP contribution >= 0.6 is 0 Å². The van der Waals surface area contributed by atoms with Gasteiger partial charge in [0.1, 0.15) is 6.10 Å². The van der Waals surface area contributed by atoms with Crippen LogP contribution in [0.2, 0.25) is 0 Å². The zero-order chi connectivity index (χ0) is 21.4. The zero-order valence-corrected chi connectivity index (χ0v) is 17.0. The van der Waals surface area contributed by atoms with Gasteiger partial charge in [-0.05, 0) is 37.3 Å². The Hall–Kier alpha value is -3.68. The molecule has 5 rings (SSSR count). The van der Waals surface area contributed by atoms with Crippen molar-refractivity contribution in [1.29, 1.82) is 0 Å². The first-order valence-corrected chi connectivity index (χ1v) is 10.3. The molecule has 3 aromatic rings.